The molecule has 0 amide bonds. The standard InChI is InChI=1S/C6H10I/c1-3-4-5-6(2)7/h2H,3-5H2,1H3. The molecule has 0 atom stereocenters. The second kappa shape index (κ2) is 4.62. The third-order valence-electron chi connectivity index (χ3n) is 0.769. The van der Waals surface area contributed by atoms with Gasteiger partial charge in [-0.1, -0.05) is 19.9 Å². The highest BCUT2D eigenvalue weighted by Gasteiger charge is 1.83. The van der Waals surface area contributed by atoms with Crippen molar-refractivity contribution in [2.75, 3.05) is 0 Å². The zero-order valence-electron chi connectivity index (χ0n) is 4.58. The van der Waals surface area contributed by atoms with Gasteiger partial charge in [-0.3, -0.25) is 0 Å². The van der Waals surface area contributed by atoms with Crippen molar-refractivity contribution >= 4 is 22.6 Å². The Labute approximate surface area is 59.1 Å². The molecular formula is C6H10I. The summed E-state index contributed by atoms with van der Waals surface area (Å²) in [4.78, 5) is 0. The third-order valence-corrected chi connectivity index (χ3v) is 1.31. The Bertz CT molecular complexity index is 57.2. The summed E-state index contributed by atoms with van der Waals surface area (Å²) in [6, 6.07) is 0. The first kappa shape index (κ1) is 7.47. The highest BCUT2D eigenvalue weighted by atomic mass is 127. The third kappa shape index (κ3) is 6.47. The van der Waals surface area contributed by atoms with E-state index in [0.29, 0.717) is 0 Å². The van der Waals surface area contributed by atoms with Crippen LogP contribution in [0.15, 0.2) is 3.58 Å². The molecule has 7 heavy (non-hydrogen) atoms. The summed E-state index contributed by atoms with van der Waals surface area (Å²) in [5, 5.41) is 0. The quantitative estimate of drug-likeness (QED) is 0.627. The smallest absolute Gasteiger partial charge is 0.00938 e. The molecule has 0 aromatic carbocycles. The molecule has 1 heteroatoms. The molecule has 0 N–H and O–H groups in total. The van der Waals surface area contributed by atoms with Crippen molar-refractivity contribution in [3.8, 4) is 0 Å². The molecule has 0 bridgehead atoms. The van der Waals surface area contributed by atoms with E-state index in [1.165, 1.54) is 12.8 Å². The molecule has 1 radical (unpaired) electrons. The second-order valence-electron chi connectivity index (χ2n) is 1.55. The monoisotopic (exact) mass is 209 g/mol. The van der Waals surface area contributed by atoms with Crippen molar-refractivity contribution in [1.29, 1.82) is 0 Å². The number of allylic oxidation sites excluding steroid dienone is 1. The molecule has 0 aliphatic rings. The van der Waals surface area contributed by atoms with E-state index in [9.17, 15) is 0 Å². The van der Waals surface area contributed by atoms with Gasteiger partial charge in [0.25, 0.3) is 0 Å². The number of hydrogen-bond acceptors (Lipinski definition) is 0. The summed E-state index contributed by atoms with van der Waals surface area (Å²) in [7, 11) is 0. The van der Waals surface area contributed by atoms with Gasteiger partial charge in [-0.25, -0.2) is 0 Å². The molecule has 0 saturated heterocycles. The first-order valence-electron chi connectivity index (χ1n) is 2.54. The second-order valence-corrected chi connectivity index (χ2v) is 2.94. The van der Waals surface area contributed by atoms with Crippen molar-refractivity contribution < 1.29 is 0 Å². The van der Waals surface area contributed by atoms with Crippen molar-refractivity contribution in [3.05, 3.63) is 10.2 Å². The summed E-state index contributed by atoms with van der Waals surface area (Å²) in [6.45, 7) is 7.55. The topological polar surface area (TPSA) is 0 Å². The van der Waals surface area contributed by atoms with Crippen LogP contribution >= 0.6 is 22.6 Å². The highest BCUT2D eigenvalue weighted by molar-refractivity contribution is 14.1. The minimum Gasteiger partial charge on any atom is -0.0654 e. The molecule has 41 valence electrons. The maximum Gasteiger partial charge on any atom is -0.00938 e. The fourth-order valence-corrected chi connectivity index (χ4v) is 0.727. The molecule has 0 aromatic rings. The zero-order valence-corrected chi connectivity index (χ0v) is 6.73. The van der Waals surface area contributed by atoms with Crippen molar-refractivity contribution in [2.24, 2.45) is 0 Å². The molecule has 0 spiro atoms. The van der Waals surface area contributed by atoms with E-state index in [4.69, 9.17) is 6.58 Å². The number of unbranched alkanes of at least 4 members (excludes halogenated alkanes) is 1. The summed E-state index contributed by atoms with van der Waals surface area (Å²) in [6.07, 6.45) is 3.55. The average molecular weight is 209 g/mol. The van der Waals surface area contributed by atoms with Gasteiger partial charge in [0.15, 0.2) is 0 Å². The number of halogens is 1. The zero-order chi connectivity index (χ0) is 5.70. The van der Waals surface area contributed by atoms with E-state index in [1.807, 2.05) is 0 Å². The number of hydrogen-bond donors (Lipinski definition) is 0. The van der Waals surface area contributed by atoms with Crippen LogP contribution in [0.5, 0.6) is 0 Å². The minimum atomic E-state index is 1.03. The molecule has 0 heterocycles. The van der Waals surface area contributed by atoms with Gasteiger partial charge in [-0.2, -0.15) is 0 Å². The van der Waals surface area contributed by atoms with Gasteiger partial charge in [0.2, 0.25) is 0 Å². The van der Waals surface area contributed by atoms with E-state index in [2.05, 4.69) is 29.5 Å². The fraction of sp³-hybridized carbons (Fsp3) is 0.667. The molecule has 0 aliphatic carbocycles. The predicted octanol–water partition coefficient (Wildman–Crippen LogP) is 2.93. The van der Waals surface area contributed by atoms with Crippen LogP contribution in [0, 0.1) is 6.58 Å². The maximum absolute atomic E-state index is 5.38. The van der Waals surface area contributed by atoms with Gasteiger partial charge in [0.1, 0.15) is 0 Å². The van der Waals surface area contributed by atoms with Crippen LogP contribution in [0.1, 0.15) is 26.2 Å². The lowest BCUT2D eigenvalue weighted by molar-refractivity contribution is 0.812. The molecule has 0 saturated carbocycles. The molecule has 0 fully saturated rings. The van der Waals surface area contributed by atoms with Crippen LogP contribution in [-0.4, -0.2) is 0 Å². The van der Waals surface area contributed by atoms with Crippen molar-refractivity contribution in [3.63, 3.8) is 0 Å². The lowest BCUT2D eigenvalue weighted by Gasteiger charge is -1.89. The number of rotatable bonds is 3. The molecule has 0 aliphatic heterocycles. The summed E-state index contributed by atoms with van der Waals surface area (Å²) in [5.41, 5.74) is 0. The van der Waals surface area contributed by atoms with Crippen LogP contribution in [0.3, 0.4) is 0 Å². The molecule has 0 rings (SSSR count). The van der Waals surface area contributed by atoms with E-state index in [0.717, 1.165) is 10.0 Å². The Morgan fingerprint density at radius 3 is 2.43 bits per heavy atom. The molecule has 0 unspecified atom stereocenters. The van der Waals surface area contributed by atoms with Crippen molar-refractivity contribution in [1.82, 2.24) is 0 Å². The average Bonchev–Trinajstić information content (AvgIpc) is 1.61. The Kier molecular flexibility index (Phi) is 4.94. The lowest BCUT2D eigenvalue weighted by atomic mass is 10.2. The first-order chi connectivity index (χ1) is 3.27. The van der Waals surface area contributed by atoms with E-state index in [1.54, 1.807) is 0 Å². The Balaban J connectivity index is 2.82. The van der Waals surface area contributed by atoms with Gasteiger partial charge in [0.05, 0.1) is 0 Å². The van der Waals surface area contributed by atoms with E-state index < -0.39 is 0 Å². The van der Waals surface area contributed by atoms with Gasteiger partial charge >= 0.3 is 0 Å². The molecule has 0 nitrogen and oxygen atoms in total. The fourth-order valence-electron chi connectivity index (χ4n) is 0.346. The van der Waals surface area contributed by atoms with Crippen LogP contribution in [0.4, 0.5) is 0 Å². The molecule has 0 aromatic heterocycles. The maximum atomic E-state index is 5.38. The lowest BCUT2D eigenvalue weighted by Crippen LogP contribution is -1.68. The van der Waals surface area contributed by atoms with Gasteiger partial charge in [-0.15, -0.1) is 0 Å². The van der Waals surface area contributed by atoms with Gasteiger partial charge < -0.3 is 0 Å². The Hall–Kier alpha value is 0.470. The largest absolute Gasteiger partial charge is 0.0654 e. The van der Waals surface area contributed by atoms with Crippen LogP contribution in [0.25, 0.3) is 0 Å². The van der Waals surface area contributed by atoms with Crippen LogP contribution < -0.4 is 0 Å². The normalized spacial score (nSPS) is 8.86. The van der Waals surface area contributed by atoms with Gasteiger partial charge in [0, 0.05) is 0 Å². The van der Waals surface area contributed by atoms with Crippen molar-refractivity contribution in [2.45, 2.75) is 26.2 Å². The molecular weight excluding hydrogens is 199 g/mol. The van der Waals surface area contributed by atoms with Crippen LogP contribution in [0.2, 0.25) is 0 Å². The summed E-state index contributed by atoms with van der Waals surface area (Å²) in [5.74, 6) is 0. The first-order valence-corrected chi connectivity index (χ1v) is 3.62. The van der Waals surface area contributed by atoms with Crippen LogP contribution in [-0.2, 0) is 0 Å². The Morgan fingerprint density at radius 1 is 1.71 bits per heavy atom. The van der Waals surface area contributed by atoms with E-state index >= 15 is 0 Å². The van der Waals surface area contributed by atoms with E-state index in [-0.39, 0.29) is 0 Å². The summed E-state index contributed by atoms with van der Waals surface area (Å²) >= 11 is 2.16. The SMILES string of the molecule is [CH]=C(I)CCCC. The Morgan fingerprint density at radius 2 is 2.29 bits per heavy atom. The predicted molar refractivity (Wildman–Crippen MR) is 41.4 cm³/mol. The van der Waals surface area contributed by atoms with Gasteiger partial charge in [-0.05, 0) is 39.0 Å². The summed E-state index contributed by atoms with van der Waals surface area (Å²) < 4.78 is 1.03. The minimum absolute atomic E-state index is 1.03. The highest BCUT2D eigenvalue weighted by Crippen LogP contribution is 2.10.